The average molecular weight is 267 g/mol. The van der Waals surface area contributed by atoms with Crippen LogP contribution in [0.15, 0.2) is 48.5 Å². The number of ether oxygens (including phenoxy) is 1. The van der Waals surface area contributed by atoms with Crippen LogP contribution in [0.25, 0.3) is 0 Å². The predicted octanol–water partition coefficient (Wildman–Crippen LogP) is 4.21. The van der Waals surface area contributed by atoms with E-state index in [1.165, 1.54) is 23.2 Å². The molecule has 1 aliphatic heterocycles. The summed E-state index contributed by atoms with van der Waals surface area (Å²) in [4.78, 5) is 2.48. The molecule has 3 rings (SSSR count). The van der Waals surface area contributed by atoms with Gasteiger partial charge in [0.25, 0.3) is 0 Å². The summed E-state index contributed by atoms with van der Waals surface area (Å²) >= 11 is 0. The van der Waals surface area contributed by atoms with E-state index >= 15 is 0 Å². The van der Waals surface area contributed by atoms with Gasteiger partial charge in [0.05, 0.1) is 7.11 Å². The molecule has 1 heterocycles. The summed E-state index contributed by atoms with van der Waals surface area (Å²) in [6, 6.07) is 17.2. The molecule has 0 spiro atoms. The summed E-state index contributed by atoms with van der Waals surface area (Å²) in [6.07, 6.45) is 1.20. The van der Waals surface area contributed by atoms with Crippen molar-refractivity contribution in [1.29, 1.82) is 0 Å². The van der Waals surface area contributed by atoms with Crippen molar-refractivity contribution in [2.24, 2.45) is 0 Å². The Balaban J connectivity index is 1.85. The number of rotatable bonds is 4. The van der Waals surface area contributed by atoms with E-state index in [0.717, 1.165) is 18.8 Å². The lowest BCUT2D eigenvalue weighted by Gasteiger charge is -2.20. The lowest BCUT2D eigenvalue weighted by Crippen LogP contribution is -2.21. The van der Waals surface area contributed by atoms with Gasteiger partial charge >= 0.3 is 0 Å². The first-order chi connectivity index (χ1) is 9.81. The first-order valence-corrected chi connectivity index (χ1v) is 7.28. The average Bonchev–Trinajstić information content (AvgIpc) is 2.86. The molecule has 0 saturated carbocycles. The van der Waals surface area contributed by atoms with E-state index in [2.05, 4.69) is 54.3 Å². The second kappa shape index (κ2) is 5.58. The van der Waals surface area contributed by atoms with Crippen LogP contribution in [0.5, 0.6) is 5.75 Å². The molecule has 2 heteroatoms. The Morgan fingerprint density at radius 1 is 1.15 bits per heavy atom. The highest BCUT2D eigenvalue weighted by Gasteiger charge is 2.26. The number of benzene rings is 2. The fourth-order valence-corrected chi connectivity index (χ4v) is 3.07. The molecule has 1 unspecified atom stereocenters. The maximum Gasteiger partial charge on any atom is 0.119 e. The maximum absolute atomic E-state index is 5.31. The van der Waals surface area contributed by atoms with Gasteiger partial charge in [0.2, 0.25) is 0 Å². The first kappa shape index (κ1) is 13.0. The minimum Gasteiger partial charge on any atom is -0.497 e. The van der Waals surface area contributed by atoms with Gasteiger partial charge in [-0.1, -0.05) is 37.3 Å². The number of anilines is 1. The maximum atomic E-state index is 5.31. The van der Waals surface area contributed by atoms with Crippen LogP contribution in [0.4, 0.5) is 5.69 Å². The van der Waals surface area contributed by atoms with Crippen LogP contribution in [-0.4, -0.2) is 13.7 Å². The molecule has 0 radical (unpaired) electrons. The van der Waals surface area contributed by atoms with Crippen LogP contribution in [0, 0.1) is 0 Å². The molecular weight excluding hydrogens is 246 g/mol. The monoisotopic (exact) mass is 267 g/mol. The van der Waals surface area contributed by atoms with Gasteiger partial charge in [-0.05, 0) is 35.7 Å². The number of fused-ring (bicyclic) bond motifs is 1. The third kappa shape index (κ3) is 2.38. The molecule has 0 bridgehead atoms. The fraction of sp³-hybridized carbons (Fsp3) is 0.333. The van der Waals surface area contributed by atoms with Gasteiger partial charge in [0.15, 0.2) is 0 Å². The molecule has 20 heavy (non-hydrogen) atoms. The molecule has 2 aromatic carbocycles. The normalized spacial score (nSPS) is 17.1. The third-order valence-electron chi connectivity index (χ3n) is 4.16. The van der Waals surface area contributed by atoms with E-state index < -0.39 is 0 Å². The van der Waals surface area contributed by atoms with Gasteiger partial charge in [-0.15, -0.1) is 0 Å². The second-order valence-corrected chi connectivity index (χ2v) is 5.40. The number of nitrogens with zero attached hydrogens (tertiary/aromatic N) is 1. The zero-order chi connectivity index (χ0) is 13.9. The van der Waals surface area contributed by atoms with Crippen molar-refractivity contribution in [1.82, 2.24) is 0 Å². The summed E-state index contributed by atoms with van der Waals surface area (Å²) in [5, 5.41) is 0. The molecule has 1 aliphatic rings. The quantitative estimate of drug-likeness (QED) is 0.822. The first-order valence-electron chi connectivity index (χ1n) is 7.28. The Morgan fingerprint density at radius 3 is 2.80 bits per heavy atom. The number of hydrogen-bond acceptors (Lipinski definition) is 2. The smallest absolute Gasteiger partial charge is 0.119 e. The zero-order valence-electron chi connectivity index (χ0n) is 12.2. The Hall–Kier alpha value is -1.96. The highest BCUT2D eigenvalue weighted by Crippen LogP contribution is 2.38. The summed E-state index contributed by atoms with van der Waals surface area (Å²) in [6.45, 7) is 4.34. The van der Waals surface area contributed by atoms with Gasteiger partial charge in [-0.3, -0.25) is 0 Å². The predicted molar refractivity (Wildman–Crippen MR) is 83.5 cm³/mol. The van der Waals surface area contributed by atoms with Gasteiger partial charge in [0.1, 0.15) is 5.75 Å². The van der Waals surface area contributed by atoms with Crippen LogP contribution in [-0.2, 0) is 6.54 Å². The number of methoxy groups -OCH3 is 1. The van der Waals surface area contributed by atoms with Crippen molar-refractivity contribution < 1.29 is 4.74 Å². The van der Waals surface area contributed by atoms with Crippen LogP contribution < -0.4 is 9.64 Å². The van der Waals surface area contributed by atoms with Crippen molar-refractivity contribution in [2.75, 3.05) is 18.6 Å². The van der Waals surface area contributed by atoms with Crippen LogP contribution >= 0.6 is 0 Å². The molecule has 104 valence electrons. The standard InChI is InChI=1S/C18H21NO/c1-3-15-13-19(18-10-5-4-9-17(15)18)12-14-7-6-8-16(11-14)20-2/h4-11,15H,3,12-13H2,1-2H3. The number of para-hydroxylation sites is 1. The van der Waals surface area contributed by atoms with E-state index in [4.69, 9.17) is 4.74 Å². The molecule has 0 N–H and O–H groups in total. The summed E-state index contributed by atoms with van der Waals surface area (Å²) in [7, 11) is 1.72. The Morgan fingerprint density at radius 2 is 2.00 bits per heavy atom. The highest BCUT2D eigenvalue weighted by molar-refractivity contribution is 5.60. The van der Waals surface area contributed by atoms with Gasteiger partial charge in [-0.2, -0.15) is 0 Å². The van der Waals surface area contributed by atoms with E-state index in [0.29, 0.717) is 5.92 Å². The van der Waals surface area contributed by atoms with Gasteiger partial charge in [-0.25, -0.2) is 0 Å². The molecule has 1 atom stereocenters. The van der Waals surface area contributed by atoms with Crippen molar-refractivity contribution in [3.8, 4) is 5.75 Å². The molecular formula is C18H21NO. The van der Waals surface area contributed by atoms with Crippen LogP contribution in [0.2, 0.25) is 0 Å². The molecule has 0 fully saturated rings. The lowest BCUT2D eigenvalue weighted by molar-refractivity contribution is 0.414. The summed E-state index contributed by atoms with van der Waals surface area (Å²) < 4.78 is 5.31. The second-order valence-electron chi connectivity index (χ2n) is 5.40. The molecule has 0 aliphatic carbocycles. The van der Waals surface area contributed by atoms with E-state index in [1.807, 2.05) is 6.07 Å². The molecule has 0 aromatic heterocycles. The molecule has 0 amide bonds. The molecule has 2 nitrogen and oxygen atoms in total. The minimum absolute atomic E-state index is 0.664. The minimum atomic E-state index is 0.664. The SMILES string of the molecule is CCC1CN(Cc2cccc(OC)c2)c2ccccc21. The van der Waals surface area contributed by atoms with Crippen molar-refractivity contribution in [3.05, 3.63) is 59.7 Å². The fourth-order valence-electron chi connectivity index (χ4n) is 3.07. The molecule has 0 saturated heterocycles. The van der Waals surface area contributed by atoms with Gasteiger partial charge in [0, 0.05) is 24.7 Å². The van der Waals surface area contributed by atoms with Crippen molar-refractivity contribution >= 4 is 5.69 Å². The van der Waals surface area contributed by atoms with E-state index in [9.17, 15) is 0 Å². The summed E-state index contributed by atoms with van der Waals surface area (Å²) in [5.74, 6) is 1.60. The lowest BCUT2D eigenvalue weighted by atomic mass is 9.99. The Kier molecular flexibility index (Phi) is 3.64. The zero-order valence-corrected chi connectivity index (χ0v) is 12.2. The van der Waals surface area contributed by atoms with Crippen molar-refractivity contribution in [2.45, 2.75) is 25.8 Å². The number of hydrogen-bond donors (Lipinski definition) is 0. The summed E-state index contributed by atoms with van der Waals surface area (Å²) in [5.41, 5.74) is 4.19. The largest absolute Gasteiger partial charge is 0.497 e. The molecule has 2 aromatic rings. The van der Waals surface area contributed by atoms with Crippen LogP contribution in [0.3, 0.4) is 0 Å². The Bertz CT molecular complexity index is 593. The Labute approximate surface area is 121 Å². The van der Waals surface area contributed by atoms with Gasteiger partial charge < -0.3 is 9.64 Å². The third-order valence-corrected chi connectivity index (χ3v) is 4.16. The highest BCUT2D eigenvalue weighted by atomic mass is 16.5. The topological polar surface area (TPSA) is 12.5 Å². The van der Waals surface area contributed by atoms with E-state index in [-0.39, 0.29) is 0 Å². The van der Waals surface area contributed by atoms with E-state index in [1.54, 1.807) is 7.11 Å². The van der Waals surface area contributed by atoms with Crippen molar-refractivity contribution in [3.63, 3.8) is 0 Å². The van der Waals surface area contributed by atoms with Crippen LogP contribution in [0.1, 0.15) is 30.4 Å².